The second-order valence-corrected chi connectivity index (χ2v) is 5.18. The van der Waals surface area contributed by atoms with Gasteiger partial charge in [-0.05, 0) is 13.8 Å². The Morgan fingerprint density at radius 1 is 1.14 bits per heavy atom. The fraction of sp³-hybridized carbons (Fsp3) is 0.357. The van der Waals surface area contributed by atoms with Crippen molar-refractivity contribution in [2.45, 2.75) is 19.9 Å². The van der Waals surface area contributed by atoms with Gasteiger partial charge >= 0.3 is 0 Å². The second-order valence-electron chi connectivity index (χ2n) is 4.78. The number of rotatable bonds is 6. The first-order valence-corrected chi connectivity index (χ1v) is 7.06. The molecule has 7 nitrogen and oxygen atoms in total. The van der Waals surface area contributed by atoms with E-state index in [1.165, 1.54) is 6.20 Å². The van der Waals surface area contributed by atoms with Crippen LogP contribution < -0.4 is 20.1 Å². The number of hydrogen-bond acceptors (Lipinski definition) is 7. The number of nitrogens with one attached hydrogen (secondary N) is 2. The minimum atomic E-state index is 0.210. The smallest absolute Gasteiger partial charge is 0.244 e. The first-order valence-electron chi connectivity index (χ1n) is 6.68. The number of aromatic nitrogens is 3. The quantitative estimate of drug-likeness (QED) is 0.845. The predicted molar refractivity (Wildman–Crippen MR) is 86.4 cm³/mol. The van der Waals surface area contributed by atoms with Crippen molar-refractivity contribution in [3.05, 3.63) is 23.4 Å². The van der Waals surface area contributed by atoms with Gasteiger partial charge in [-0.25, -0.2) is 0 Å². The van der Waals surface area contributed by atoms with Gasteiger partial charge in [0.05, 0.1) is 31.1 Å². The highest BCUT2D eigenvalue weighted by Gasteiger charge is 2.11. The number of nitrogens with zero attached hydrogens (tertiary/aromatic N) is 3. The van der Waals surface area contributed by atoms with Gasteiger partial charge in [0.2, 0.25) is 5.95 Å². The van der Waals surface area contributed by atoms with Crippen LogP contribution >= 0.6 is 11.6 Å². The largest absolute Gasteiger partial charge is 0.495 e. The lowest BCUT2D eigenvalue weighted by molar-refractivity contribution is 0.405. The van der Waals surface area contributed by atoms with Crippen LogP contribution in [0.25, 0.3) is 0 Å². The molecule has 0 aliphatic carbocycles. The van der Waals surface area contributed by atoms with Crippen LogP contribution in [-0.2, 0) is 0 Å². The van der Waals surface area contributed by atoms with Crippen LogP contribution in [0.5, 0.6) is 11.5 Å². The van der Waals surface area contributed by atoms with Gasteiger partial charge < -0.3 is 20.1 Å². The van der Waals surface area contributed by atoms with Crippen molar-refractivity contribution in [2.24, 2.45) is 0 Å². The summed E-state index contributed by atoms with van der Waals surface area (Å²) in [5, 5.41) is 14.5. The summed E-state index contributed by atoms with van der Waals surface area (Å²) in [6.45, 7) is 3.99. The molecule has 0 unspecified atom stereocenters. The Kier molecular flexibility index (Phi) is 5.21. The highest BCUT2D eigenvalue weighted by molar-refractivity contribution is 6.32. The van der Waals surface area contributed by atoms with Crippen LogP contribution in [0.15, 0.2) is 18.3 Å². The van der Waals surface area contributed by atoms with Gasteiger partial charge in [-0.2, -0.15) is 10.1 Å². The number of anilines is 3. The van der Waals surface area contributed by atoms with Gasteiger partial charge in [-0.3, -0.25) is 0 Å². The first kappa shape index (κ1) is 16.1. The molecule has 0 fully saturated rings. The SMILES string of the molecule is COc1cc(Nc2cnnc(NC(C)C)n2)c(OC)cc1Cl. The van der Waals surface area contributed by atoms with Crippen molar-refractivity contribution in [3.63, 3.8) is 0 Å². The van der Waals surface area contributed by atoms with Gasteiger partial charge in [-0.1, -0.05) is 11.6 Å². The highest BCUT2D eigenvalue weighted by Crippen LogP contribution is 2.36. The molecule has 22 heavy (non-hydrogen) atoms. The van der Waals surface area contributed by atoms with E-state index in [-0.39, 0.29) is 6.04 Å². The fourth-order valence-corrected chi connectivity index (χ4v) is 2.01. The molecule has 1 heterocycles. The van der Waals surface area contributed by atoms with E-state index in [1.807, 2.05) is 13.8 Å². The van der Waals surface area contributed by atoms with E-state index in [0.717, 1.165) is 0 Å². The Morgan fingerprint density at radius 2 is 1.86 bits per heavy atom. The van der Waals surface area contributed by atoms with Crippen LogP contribution in [0.4, 0.5) is 17.5 Å². The third kappa shape index (κ3) is 3.88. The molecule has 0 aliphatic rings. The van der Waals surface area contributed by atoms with Crippen LogP contribution in [-0.4, -0.2) is 35.4 Å². The predicted octanol–water partition coefficient (Wildman–Crippen LogP) is 3.11. The number of hydrogen-bond donors (Lipinski definition) is 2. The summed E-state index contributed by atoms with van der Waals surface area (Å²) in [5.41, 5.74) is 0.666. The zero-order chi connectivity index (χ0) is 16.1. The molecule has 2 aromatic rings. The molecule has 8 heteroatoms. The minimum Gasteiger partial charge on any atom is -0.495 e. The summed E-state index contributed by atoms with van der Waals surface area (Å²) >= 11 is 6.09. The number of methoxy groups -OCH3 is 2. The Labute approximate surface area is 134 Å². The van der Waals surface area contributed by atoms with E-state index in [4.69, 9.17) is 21.1 Å². The van der Waals surface area contributed by atoms with E-state index in [2.05, 4.69) is 25.8 Å². The van der Waals surface area contributed by atoms with Crippen LogP contribution in [0.2, 0.25) is 5.02 Å². The molecule has 1 aromatic carbocycles. The van der Waals surface area contributed by atoms with Crippen LogP contribution in [0, 0.1) is 0 Å². The normalized spacial score (nSPS) is 10.5. The molecule has 0 spiro atoms. The molecule has 2 N–H and O–H groups in total. The van der Waals surface area contributed by atoms with Gasteiger partial charge in [0.25, 0.3) is 0 Å². The van der Waals surface area contributed by atoms with Crippen molar-refractivity contribution in [1.29, 1.82) is 0 Å². The summed E-state index contributed by atoms with van der Waals surface area (Å²) in [6, 6.07) is 3.62. The molecule has 0 amide bonds. The summed E-state index contributed by atoms with van der Waals surface area (Å²) in [7, 11) is 3.11. The average Bonchev–Trinajstić information content (AvgIpc) is 2.48. The van der Waals surface area contributed by atoms with Crippen molar-refractivity contribution in [2.75, 3.05) is 24.9 Å². The van der Waals surface area contributed by atoms with Crippen molar-refractivity contribution in [3.8, 4) is 11.5 Å². The third-order valence-corrected chi connectivity index (χ3v) is 3.01. The van der Waals surface area contributed by atoms with Crippen molar-refractivity contribution < 1.29 is 9.47 Å². The zero-order valence-electron chi connectivity index (χ0n) is 12.8. The van der Waals surface area contributed by atoms with E-state index in [0.29, 0.717) is 34.0 Å². The Morgan fingerprint density at radius 3 is 2.50 bits per heavy atom. The lowest BCUT2D eigenvalue weighted by Gasteiger charge is -2.14. The Hall–Kier alpha value is -2.28. The average molecular weight is 324 g/mol. The highest BCUT2D eigenvalue weighted by atomic mass is 35.5. The second kappa shape index (κ2) is 7.13. The summed E-state index contributed by atoms with van der Waals surface area (Å²) < 4.78 is 10.5. The van der Waals surface area contributed by atoms with Crippen LogP contribution in [0.3, 0.4) is 0 Å². The standard InChI is InChI=1S/C14H18ClN5O2/c1-8(2)17-14-19-13(7-16-20-14)18-10-6-11(21-3)9(15)5-12(10)22-4/h5-8H,1-4H3,(H2,17,18,19,20). The molecule has 0 aliphatic heterocycles. The number of halogens is 1. The van der Waals surface area contributed by atoms with E-state index >= 15 is 0 Å². The van der Waals surface area contributed by atoms with Gasteiger partial charge in [0.15, 0.2) is 5.82 Å². The van der Waals surface area contributed by atoms with Crippen LogP contribution in [0.1, 0.15) is 13.8 Å². The lowest BCUT2D eigenvalue weighted by atomic mass is 10.2. The number of ether oxygens (including phenoxy) is 2. The monoisotopic (exact) mass is 323 g/mol. The summed E-state index contributed by atoms with van der Waals surface area (Å²) in [5.74, 6) is 2.08. The first-order chi connectivity index (χ1) is 10.5. The molecule has 0 saturated heterocycles. The van der Waals surface area contributed by atoms with Gasteiger partial charge in [0.1, 0.15) is 11.5 Å². The van der Waals surface area contributed by atoms with Crippen molar-refractivity contribution >= 4 is 29.1 Å². The summed E-state index contributed by atoms with van der Waals surface area (Å²) in [4.78, 5) is 4.34. The van der Waals surface area contributed by atoms with Gasteiger partial charge in [0, 0.05) is 18.2 Å². The van der Waals surface area contributed by atoms with E-state index in [1.54, 1.807) is 26.4 Å². The Bertz CT molecular complexity index is 651. The number of benzene rings is 1. The molecular formula is C14H18ClN5O2. The summed E-state index contributed by atoms with van der Waals surface area (Å²) in [6.07, 6.45) is 1.52. The molecule has 0 bridgehead atoms. The maximum atomic E-state index is 6.09. The van der Waals surface area contributed by atoms with E-state index in [9.17, 15) is 0 Å². The van der Waals surface area contributed by atoms with Crippen molar-refractivity contribution in [1.82, 2.24) is 15.2 Å². The molecule has 0 radical (unpaired) electrons. The maximum absolute atomic E-state index is 6.09. The molecule has 2 rings (SSSR count). The third-order valence-electron chi connectivity index (χ3n) is 2.71. The molecule has 0 atom stereocenters. The van der Waals surface area contributed by atoms with Gasteiger partial charge in [-0.15, -0.1) is 5.10 Å². The topological polar surface area (TPSA) is 81.2 Å². The maximum Gasteiger partial charge on any atom is 0.244 e. The molecule has 118 valence electrons. The molecular weight excluding hydrogens is 306 g/mol. The lowest BCUT2D eigenvalue weighted by Crippen LogP contribution is -2.13. The molecule has 0 saturated carbocycles. The van der Waals surface area contributed by atoms with E-state index < -0.39 is 0 Å². The zero-order valence-corrected chi connectivity index (χ0v) is 13.6. The Balaban J connectivity index is 2.30. The molecule has 1 aromatic heterocycles. The fourth-order valence-electron chi connectivity index (χ4n) is 1.78. The minimum absolute atomic E-state index is 0.210.